The van der Waals surface area contributed by atoms with Crippen molar-refractivity contribution in [3.8, 4) is 0 Å². The Morgan fingerprint density at radius 2 is 2.24 bits per heavy atom. The molecule has 0 aliphatic carbocycles. The molecular formula is C12H20N2O3. The second kappa shape index (κ2) is 5.31. The van der Waals surface area contributed by atoms with Crippen molar-refractivity contribution in [2.24, 2.45) is 5.41 Å². The van der Waals surface area contributed by atoms with Gasteiger partial charge in [-0.15, -0.1) is 0 Å². The second-order valence-corrected chi connectivity index (χ2v) is 5.24. The summed E-state index contributed by atoms with van der Waals surface area (Å²) in [4.78, 5) is 11.9. The summed E-state index contributed by atoms with van der Waals surface area (Å²) in [6, 6.07) is 1.49. The lowest BCUT2D eigenvalue weighted by atomic mass is 9.85. The normalized spacial score (nSPS) is 13.5. The maximum Gasteiger partial charge on any atom is 0.290 e. The minimum absolute atomic E-state index is 0.0393. The zero-order valence-corrected chi connectivity index (χ0v) is 10.8. The summed E-state index contributed by atoms with van der Waals surface area (Å²) in [7, 11) is 0. The molecule has 5 nitrogen and oxygen atoms in total. The van der Waals surface area contributed by atoms with Crippen LogP contribution >= 0.6 is 0 Å². The SMILES string of the molecule is Cc1cc(C(=O)NC(CCO)C(C)(C)C)on1. The molecule has 0 saturated heterocycles. The van der Waals surface area contributed by atoms with Gasteiger partial charge in [-0.25, -0.2) is 0 Å². The molecule has 5 heteroatoms. The molecule has 0 spiro atoms. The van der Waals surface area contributed by atoms with Crippen LogP contribution in [0.1, 0.15) is 43.4 Å². The van der Waals surface area contributed by atoms with E-state index in [9.17, 15) is 4.79 Å². The molecule has 0 aliphatic rings. The van der Waals surface area contributed by atoms with E-state index in [0.29, 0.717) is 12.1 Å². The molecule has 0 bridgehead atoms. The Morgan fingerprint density at radius 1 is 1.59 bits per heavy atom. The first kappa shape index (κ1) is 13.7. The number of nitrogens with one attached hydrogen (secondary N) is 1. The molecule has 17 heavy (non-hydrogen) atoms. The molecule has 1 amide bonds. The van der Waals surface area contributed by atoms with Gasteiger partial charge >= 0.3 is 0 Å². The van der Waals surface area contributed by atoms with E-state index in [4.69, 9.17) is 9.63 Å². The van der Waals surface area contributed by atoms with Crippen LogP contribution in [0, 0.1) is 12.3 Å². The fraction of sp³-hybridized carbons (Fsp3) is 0.667. The zero-order valence-electron chi connectivity index (χ0n) is 10.8. The van der Waals surface area contributed by atoms with Crippen LogP contribution in [-0.2, 0) is 0 Å². The van der Waals surface area contributed by atoms with E-state index in [2.05, 4.69) is 10.5 Å². The number of aliphatic hydroxyl groups is 1. The quantitative estimate of drug-likeness (QED) is 0.836. The maximum atomic E-state index is 11.9. The highest BCUT2D eigenvalue weighted by Crippen LogP contribution is 2.22. The van der Waals surface area contributed by atoms with Crippen molar-refractivity contribution < 1.29 is 14.4 Å². The van der Waals surface area contributed by atoms with Crippen LogP contribution in [0.2, 0.25) is 0 Å². The van der Waals surface area contributed by atoms with Crippen molar-refractivity contribution in [2.75, 3.05) is 6.61 Å². The van der Waals surface area contributed by atoms with Crippen molar-refractivity contribution in [3.05, 3.63) is 17.5 Å². The van der Waals surface area contributed by atoms with Crippen LogP contribution in [0.15, 0.2) is 10.6 Å². The molecule has 96 valence electrons. The molecule has 0 fully saturated rings. The lowest BCUT2D eigenvalue weighted by Gasteiger charge is -2.30. The molecule has 1 rings (SSSR count). The van der Waals surface area contributed by atoms with E-state index in [1.807, 2.05) is 20.8 Å². The minimum Gasteiger partial charge on any atom is -0.396 e. The highest BCUT2D eigenvalue weighted by Gasteiger charge is 2.27. The van der Waals surface area contributed by atoms with E-state index in [0.717, 1.165) is 0 Å². The van der Waals surface area contributed by atoms with Crippen LogP contribution in [0.25, 0.3) is 0 Å². The minimum atomic E-state index is -0.293. The lowest BCUT2D eigenvalue weighted by Crippen LogP contribution is -2.44. The fourth-order valence-corrected chi connectivity index (χ4v) is 1.55. The monoisotopic (exact) mass is 240 g/mol. The first-order valence-corrected chi connectivity index (χ1v) is 5.69. The number of aromatic nitrogens is 1. The van der Waals surface area contributed by atoms with Crippen LogP contribution in [0.5, 0.6) is 0 Å². The van der Waals surface area contributed by atoms with E-state index in [1.54, 1.807) is 13.0 Å². The van der Waals surface area contributed by atoms with Gasteiger partial charge in [0, 0.05) is 18.7 Å². The molecule has 1 heterocycles. The molecule has 0 aliphatic heterocycles. The van der Waals surface area contributed by atoms with Gasteiger partial charge in [0.15, 0.2) is 0 Å². The van der Waals surface area contributed by atoms with E-state index in [1.165, 1.54) is 0 Å². The summed E-state index contributed by atoms with van der Waals surface area (Å²) in [5.74, 6) is -0.0892. The molecule has 1 aromatic rings. The highest BCUT2D eigenvalue weighted by atomic mass is 16.5. The first-order valence-electron chi connectivity index (χ1n) is 5.69. The summed E-state index contributed by atoms with van der Waals surface area (Å²) in [5.41, 5.74) is 0.553. The topological polar surface area (TPSA) is 75.4 Å². The first-order chi connectivity index (χ1) is 7.84. The Labute approximate surface area is 101 Å². The summed E-state index contributed by atoms with van der Waals surface area (Å²) in [6.07, 6.45) is 0.516. The second-order valence-electron chi connectivity index (χ2n) is 5.24. The Hall–Kier alpha value is -1.36. The van der Waals surface area contributed by atoms with E-state index >= 15 is 0 Å². The van der Waals surface area contributed by atoms with Crippen molar-refractivity contribution in [1.29, 1.82) is 0 Å². The summed E-state index contributed by atoms with van der Waals surface area (Å²) in [6.45, 7) is 7.84. The Morgan fingerprint density at radius 3 is 2.65 bits per heavy atom. The molecule has 1 unspecified atom stereocenters. The smallest absolute Gasteiger partial charge is 0.290 e. The third kappa shape index (κ3) is 3.85. The van der Waals surface area contributed by atoms with Gasteiger partial charge in [-0.2, -0.15) is 0 Å². The summed E-state index contributed by atoms with van der Waals surface area (Å²) < 4.78 is 4.89. The molecular weight excluding hydrogens is 220 g/mol. The molecule has 0 radical (unpaired) electrons. The van der Waals surface area contributed by atoms with Gasteiger partial charge in [0.25, 0.3) is 5.91 Å². The van der Waals surface area contributed by atoms with Gasteiger partial charge in [-0.05, 0) is 18.8 Å². The summed E-state index contributed by atoms with van der Waals surface area (Å²) in [5, 5.41) is 15.5. The number of rotatable bonds is 4. The number of aliphatic hydroxyl groups excluding tert-OH is 1. The standard InChI is InChI=1S/C12H20N2O3/c1-8-7-9(17-14-8)11(16)13-10(5-6-15)12(2,3)4/h7,10,15H,5-6H2,1-4H3,(H,13,16). The van der Waals surface area contributed by atoms with Gasteiger partial charge < -0.3 is 14.9 Å². The van der Waals surface area contributed by atoms with Crippen molar-refractivity contribution >= 4 is 5.91 Å². The molecule has 0 aromatic carbocycles. The number of nitrogens with zero attached hydrogens (tertiary/aromatic N) is 1. The van der Waals surface area contributed by atoms with Crippen LogP contribution in [0.3, 0.4) is 0 Å². The molecule has 1 aromatic heterocycles. The molecule has 2 N–H and O–H groups in total. The van der Waals surface area contributed by atoms with Crippen LogP contribution < -0.4 is 5.32 Å². The van der Waals surface area contributed by atoms with Gasteiger partial charge in [0.05, 0.1) is 5.69 Å². The van der Waals surface area contributed by atoms with Gasteiger partial charge in [0.1, 0.15) is 0 Å². The number of aryl methyl sites for hydroxylation is 1. The Kier molecular flexibility index (Phi) is 4.28. The highest BCUT2D eigenvalue weighted by molar-refractivity contribution is 5.91. The number of carbonyl (C=O) groups is 1. The number of hydrogen-bond donors (Lipinski definition) is 2. The van der Waals surface area contributed by atoms with Crippen molar-refractivity contribution in [2.45, 2.75) is 40.2 Å². The molecule has 1 atom stereocenters. The zero-order chi connectivity index (χ0) is 13.1. The average molecular weight is 240 g/mol. The van der Waals surface area contributed by atoms with Crippen molar-refractivity contribution in [3.63, 3.8) is 0 Å². The average Bonchev–Trinajstić information content (AvgIpc) is 2.62. The van der Waals surface area contributed by atoms with Crippen molar-refractivity contribution in [1.82, 2.24) is 10.5 Å². The molecule has 0 saturated carbocycles. The predicted octanol–water partition coefficient (Wildman–Crippen LogP) is 1.51. The Balaban J connectivity index is 2.71. The predicted molar refractivity (Wildman–Crippen MR) is 63.7 cm³/mol. The number of hydrogen-bond acceptors (Lipinski definition) is 4. The van der Waals surface area contributed by atoms with Crippen LogP contribution in [0.4, 0.5) is 0 Å². The maximum absolute atomic E-state index is 11.9. The Bertz CT molecular complexity index is 379. The third-order valence-electron chi connectivity index (χ3n) is 2.62. The van der Waals surface area contributed by atoms with Crippen LogP contribution in [-0.4, -0.2) is 28.8 Å². The van der Waals surface area contributed by atoms with Gasteiger partial charge in [-0.1, -0.05) is 25.9 Å². The van der Waals surface area contributed by atoms with E-state index in [-0.39, 0.29) is 29.7 Å². The van der Waals surface area contributed by atoms with E-state index < -0.39 is 0 Å². The third-order valence-corrected chi connectivity index (χ3v) is 2.62. The lowest BCUT2D eigenvalue weighted by molar-refractivity contribution is 0.0848. The van der Waals surface area contributed by atoms with Gasteiger partial charge in [0.2, 0.25) is 5.76 Å². The fourth-order valence-electron chi connectivity index (χ4n) is 1.55. The largest absolute Gasteiger partial charge is 0.396 e. The number of carbonyl (C=O) groups excluding carboxylic acids is 1. The number of amides is 1. The van der Waals surface area contributed by atoms with Gasteiger partial charge in [-0.3, -0.25) is 4.79 Å². The summed E-state index contributed by atoms with van der Waals surface area (Å²) >= 11 is 0.